The highest BCUT2D eigenvalue weighted by Gasteiger charge is 2.28. The van der Waals surface area contributed by atoms with Gasteiger partial charge in [0.05, 0.1) is 14.2 Å². The number of benzene rings is 1. The molecular weight excluding hydrogens is 268 g/mol. The van der Waals surface area contributed by atoms with Gasteiger partial charge in [0.2, 0.25) is 0 Å². The van der Waals surface area contributed by atoms with Crippen molar-refractivity contribution in [2.24, 2.45) is 11.7 Å². The van der Waals surface area contributed by atoms with Crippen molar-refractivity contribution in [3.05, 3.63) is 23.8 Å². The summed E-state index contributed by atoms with van der Waals surface area (Å²) < 4.78 is 10.5. The van der Waals surface area contributed by atoms with Gasteiger partial charge in [0, 0.05) is 24.7 Å². The van der Waals surface area contributed by atoms with Crippen LogP contribution >= 0.6 is 0 Å². The maximum atomic E-state index is 12.6. The molecule has 1 aromatic carbocycles. The van der Waals surface area contributed by atoms with E-state index in [1.54, 1.807) is 32.4 Å². The second-order valence-corrected chi connectivity index (χ2v) is 5.44. The fourth-order valence-corrected chi connectivity index (χ4v) is 2.82. The summed E-state index contributed by atoms with van der Waals surface area (Å²) >= 11 is 0. The van der Waals surface area contributed by atoms with Gasteiger partial charge in [-0.15, -0.1) is 0 Å². The lowest BCUT2D eigenvalue weighted by Crippen LogP contribution is -2.49. The Balaban J connectivity index is 2.16. The van der Waals surface area contributed by atoms with Gasteiger partial charge in [-0.3, -0.25) is 4.79 Å². The Hall–Kier alpha value is -1.75. The number of hydrogen-bond acceptors (Lipinski definition) is 4. The third-order valence-corrected chi connectivity index (χ3v) is 4.23. The van der Waals surface area contributed by atoms with E-state index >= 15 is 0 Å². The lowest BCUT2D eigenvalue weighted by atomic mass is 9.90. The van der Waals surface area contributed by atoms with Crippen molar-refractivity contribution in [3.8, 4) is 11.5 Å². The first-order valence-electron chi connectivity index (χ1n) is 7.37. The summed E-state index contributed by atoms with van der Waals surface area (Å²) in [6.07, 6.45) is 1.86. The first kappa shape index (κ1) is 15.6. The van der Waals surface area contributed by atoms with Crippen molar-refractivity contribution in [2.75, 3.05) is 27.3 Å². The zero-order chi connectivity index (χ0) is 15.4. The molecule has 0 radical (unpaired) electrons. The molecule has 116 valence electrons. The predicted octanol–water partition coefficient (Wildman–Crippen LogP) is 1.90. The molecule has 2 rings (SSSR count). The smallest absolute Gasteiger partial charge is 0.254 e. The zero-order valence-corrected chi connectivity index (χ0v) is 13.0. The van der Waals surface area contributed by atoms with Crippen LogP contribution in [0.1, 0.15) is 30.1 Å². The average molecular weight is 292 g/mol. The number of likely N-dealkylation sites (tertiary alicyclic amines) is 1. The van der Waals surface area contributed by atoms with Crippen LogP contribution in [0.3, 0.4) is 0 Å². The molecular formula is C16H24N2O3. The Bertz CT molecular complexity index is 504. The summed E-state index contributed by atoms with van der Waals surface area (Å²) in [6, 6.07) is 5.47. The molecule has 5 nitrogen and oxygen atoms in total. The summed E-state index contributed by atoms with van der Waals surface area (Å²) in [7, 11) is 3.15. The lowest BCUT2D eigenvalue weighted by molar-refractivity contribution is 0.0649. The Morgan fingerprint density at radius 3 is 2.67 bits per heavy atom. The van der Waals surface area contributed by atoms with Crippen molar-refractivity contribution in [2.45, 2.75) is 25.8 Å². The first-order valence-corrected chi connectivity index (χ1v) is 7.37. The van der Waals surface area contributed by atoms with E-state index in [4.69, 9.17) is 15.2 Å². The van der Waals surface area contributed by atoms with Gasteiger partial charge < -0.3 is 20.1 Å². The van der Waals surface area contributed by atoms with Crippen LogP contribution in [0.25, 0.3) is 0 Å². The van der Waals surface area contributed by atoms with Crippen molar-refractivity contribution >= 4 is 5.91 Å². The molecule has 2 atom stereocenters. The van der Waals surface area contributed by atoms with Crippen LogP contribution in [0.5, 0.6) is 11.5 Å². The number of nitrogens with two attached hydrogens (primary N) is 1. The number of hydrogen-bond donors (Lipinski definition) is 1. The molecule has 2 unspecified atom stereocenters. The second-order valence-electron chi connectivity index (χ2n) is 5.44. The molecule has 2 N–H and O–H groups in total. The maximum absolute atomic E-state index is 12.6. The van der Waals surface area contributed by atoms with E-state index in [2.05, 4.69) is 6.92 Å². The van der Waals surface area contributed by atoms with Gasteiger partial charge in [-0.1, -0.05) is 13.3 Å². The second kappa shape index (κ2) is 6.80. The van der Waals surface area contributed by atoms with E-state index in [-0.39, 0.29) is 11.9 Å². The Kier molecular flexibility index (Phi) is 5.07. The Labute approximate surface area is 126 Å². The fraction of sp³-hybridized carbons (Fsp3) is 0.562. The number of piperidine rings is 1. The van der Waals surface area contributed by atoms with Crippen LogP contribution in [0.15, 0.2) is 18.2 Å². The molecule has 0 aromatic heterocycles. The summed E-state index contributed by atoms with van der Waals surface area (Å²) in [5, 5.41) is 0. The monoisotopic (exact) mass is 292 g/mol. The molecule has 1 heterocycles. The number of amides is 1. The topological polar surface area (TPSA) is 64.8 Å². The molecule has 0 spiro atoms. The van der Waals surface area contributed by atoms with E-state index in [0.29, 0.717) is 29.5 Å². The van der Waals surface area contributed by atoms with Crippen LogP contribution < -0.4 is 15.2 Å². The molecule has 1 aromatic rings. The zero-order valence-electron chi connectivity index (χ0n) is 13.0. The van der Waals surface area contributed by atoms with Crippen LogP contribution in [0.4, 0.5) is 0 Å². The van der Waals surface area contributed by atoms with Crippen molar-refractivity contribution in [1.29, 1.82) is 0 Å². The molecule has 0 bridgehead atoms. The Morgan fingerprint density at radius 1 is 1.33 bits per heavy atom. The minimum atomic E-state index is 0.0290. The molecule has 1 amide bonds. The van der Waals surface area contributed by atoms with Crippen molar-refractivity contribution < 1.29 is 14.3 Å². The van der Waals surface area contributed by atoms with Gasteiger partial charge in [0.25, 0.3) is 5.91 Å². The van der Waals surface area contributed by atoms with E-state index in [1.165, 1.54) is 0 Å². The van der Waals surface area contributed by atoms with E-state index < -0.39 is 0 Å². The highest BCUT2D eigenvalue weighted by Crippen LogP contribution is 2.29. The number of methoxy groups -OCH3 is 2. The Morgan fingerprint density at radius 2 is 2.05 bits per heavy atom. The lowest BCUT2D eigenvalue weighted by Gasteiger charge is -2.36. The summed E-state index contributed by atoms with van der Waals surface area (Å²) in [4.78, 5) is 14.5. The number of nitrogens with zero attached hydrogens (tertiary/aromatic N) is 1. The van der Waals surface area contributed by atoms with E-state index in [0.717, 1.165) is 19.4 Å². The van der Waals surface area contributed by atoms with Gasteiger partial charge in [-0.2, -0.15) is 0 Å². The predicted molar refractivity (Wildman–Crippen MR) is 81.8 cm³/mol. The molecule has 1 fully saturated rings. The van der Waals surface area contributed by atoms with Crippen LogP contribution in [0, 0.1) is 5.92 Å². The maximum Gasteiger partial charge on any atom is 0.254 e. The van der Waals surface area contributed by atoms with Gasteiger partial charge >= 0.3 is 0 Å². The normalized spacial score (nSPS) is 22.0. The van der Waals surface area contributed by atoms with Gasteiger partial charge in [-0.25, -0.2) is 0 Å². The molecule has 0 saturated carbocycles. The minimum Gasteiger partial charge on any atom is -0.493 e. The largest absolute Gasteiger partial charge is 0.493 e. The molecule has 1 saturated heterocycles. The highest BCUT2D eigenvalue weighted by atomic mass is 16.5. The summed E-state index contributed by atoms with van der Waals surface area (Å²) in [5.74, 6) is 1.61. The molecule has 1 aliphatic heterocycles. The fourth-order valence-electron chi connectivity index (χ4n) is 2.82. The summed E-state index contributed by atoms with van der Waals surface area (Å²) in [6.45, 7) is 3.56. The average Bonchev–Trinajstić information content (AvgIpc) is 2.53. The SMILES string of the molecule is CCC1CN(C(=O)c2ccc(OC)c(OC)c2)CCC1N. The third kappa shape index (κ3) is 3.29. The van der Waals surface area contributed by atoms with E-state index in [9.17, 15) is 4.79 Å². The molecule has 21 heavy (non-hydrogen) atoms. The van der Waals surface area contributed by atoms with Crippen molar-refractivity contribution in [1.82, 2.24) is 4.90 Å². The van der Waals surface area contributed by atoms with E-state index in [1.807, 2.05) is 4.90 Å². The van der Waals surface area contributed by atoms with Crippen LogP contribution in [0.2, 0.25) is 0 Å². The number of carbonyl (C=O) groups excluding carboxylic acids is 1. The highest BCUT2D eigenvalue weighted by molar-refractivity contribution is 5.95. The third-order valence-electron chi connectivity index (χ3n) is 4.23. The van der Waals surface area contributed by atoms with Crippen LogP contribution in [-0.4, -0.2) is 44.2 Å². The van der Waals surface area contributed by atoms with Crippen LogP contribution in [-0.2, 0) is 0 Å². The molecule has 0 aliphatic carbocycles. The minimum absolute atomic E-state index is 0.0290. The van der Waals surface area contributed by atoms with Gasteiger partial charge in [0.1, 0.15) is 0 Å². The van der Waals surface area contributed by atoms with Gasteiger partial charge in [-0.05, 0) is 30.5 Å². The van der Waals surface area contributed by atoms with Crippen molar-refractivity contribution in [3.63, 3.8) is 0 Å². The molecule has 1 aliphatic rings. The number of ether oxygens (including phenoxy) is 2. The number of carbonyl (C=O) groups is 1. The molecule has 5 heteroatoms. The standard InChI is InChI=1S/C16H24N2O3/c1-4-11-10-18(8-7-13(11)17)16(19)12-5-6-14(20-2)15(9-12)21-3/h5-6,9,11,13H,4,7-8,10,17H2,1-3H3. The van der Waals surface area contributed by atoms with Gasteiger partial charge in [0.15, 0.2) is 11.5 Å². The quantitative estimate of drug-likeness (QED) is 0.920. The number of rotatable bonds is 4. The first-order chi connectivity index (χ1) is 10.1. The summed E-state index contributed by atoms with van der Waals surface area (Å²) in [5.41, 5.74) is 6.72.